The lowest BCUT2D eigenvalue weighted by Crippen LogP contribution is -2.41. The maximum absolute atomic E-state index is 12.1. The number of carbonyl (C=O) groups is 1. The summed E-state index contributed by atoms with van der Waals surface area (Å²) in [5, 5.41) is 0. The van der Waals surface area contributed by atoms with E-state index < -0.39 is 5.60 Å². The minimum atomic E-state index is -0.427. The van der Waals surface area contributed by atoms with E-state index in [9.17, 15) is 4.79 Å². The van der Waals surface area contributed by atoms with Crippen molar-refractivity contribution in [2.24, 2.45) is 5.92 Å². The van der Waals surface area contributed by atoms with Crippen molar-refractivity contribution in [3.8, 4) is 0 Å². The third kappa shape index (κ3) is 6.11. The van der Waals surface area contributed by atoms with Crippen LogP contribution in [0.2, 0.25) is 0 Å². The standard InChI is InChI=1S/C19H30N2O3/c1-15(17-7-5-6-11-20-17)23-14-10-16-8-12-21(13-9-16)18(22)24-19(2,3)4/h5-7,11,15-16H,8-10,12-14H2,1-4H3/t15-/m1/s1. The summed E-state index contributed by atoms with van der Waals surface area (Å²) in [5.74, 6) is 0.611. The molecule has 1 saturated heterocycles. The molecule has 0 aliphatic carbocycles. The molecule has 1 aliphatic heterocycles. The second kappa shape index (κ2) is 8.47. The number of carbonyl (C=O) groups excluding carboxylic acids is 1. The molecule has 24 heavy (non-hydrogen) atoms. The normalized spacial score (nSPS) is 17.6. The lowest BCUT2D eigenvalue weighted by molar-refractivity contribution is 0.0142. The molecule has 1 fully saturated rings. The number of likely N-dealkylation sites (tertiary alicyclic amines) is 1. The number of aromatic nitrogens is 1. The molecular weight excluding hydrogens is 304 g/mol. The lowest BCUT2D eigenvalue weighted by Gasteiger charge is -2.33. The van der Waals surface area contributed by atoms with Crippen LogP contribution in [-0.4, -0.2) is 41.3 Å². The minimum Gasteiger partial charge on any atom is -0.444 e. The fraction of sp³-hybridized carbons (Fsp3) is 0.684. The first kappa shape index (κ1) is 18.7. The summed E-state index contributed by atoms with van der Waals surface area (Å²) in [5.41, 5.74) is 0.542. The first-order chi connectivity index (χ1) is 11.3. The highest BCUT2D eigenvalue weighted by Crippen LogP contribution is 2.23. The molecule has 1 aromatic rings. The predicted molar refractivity (Wildman–Crippen MR) is 93.8 cm³/mol. The Hall–Kier alpha value is -1.62. The molecule has 1 atom stereocenters. The zero-order valence-corrected chi connectivity index (χ0v) is 15.3. The van der Waals surface area contributed by atoms with Gasteiger partial charge in [-0.05, 0) is 65.0 Å². The van der Waals surface area contributed by atoms with Crippen LogP contribution in [0.1, 0.15) is 58.8 Å². The topological polar surface area (TPSA) is 51.7 Å². The molecule has 1 aliphatic rings. The first-order valence-corrected chi connectivity index (χ1v) is 8.85. The molecule has 0 spiro atoms. The zero-order chi connectivity index (χ0) is 17.6. The van der Waals surface area contributed by atoms with Crippen LogP contribution in [0.3, 0.4) is 0 Å². The van der Waals surface area contributed by atoms with Gasteiger partial charge >= 0.3 is 6.09 Å². The Morgan fingerprint density at radius 2 is 2.04 bits per heavy atom. The SMILES string of the molecule is C[C@@H](OCCC1CCN(C(=O)OC(C)(C)C)CC1)c1ccccn1. The highest BCUT2D eigenvalue weighted by Gasteiger charge is 2.26. The number of pyridine rings is 1. The van der Waals surface area contributed by atoms with Crippen LogP contribution in [0.4, 0.5) is 4.79 Å². The maximum atomic E-state index is 12.1. The Kier molecular flexibility index (Phi) is 6.60. The lowest BCUT2D eigenvalue weighted by atomic mass is 9.94. The number of nitrogens with zero attached hydrogens (tertiary/aromatic N) is 2. The number of ether oxygens (including phenoxy) is 2. The average Bonchev–Trinajstić information content (AvgIpc) is 2.54. The molecule has 0 radical (unpaired) electrons. The summed E-state index contributed by atoms with van der Waals surface area (Å²) in [6, 6.07) is 5.88. The Morgan fingerprint density at radius 1 is 1.33 bits per heavy atom. The largest absolute Gasteiger partial charge is 0.444 e. The van der Waals surface area contributed by atoms with Gasteiger partial charge in [-0.2, -0.15) is 0 Å². The van der Waals surface area contributed by atoms with Crippen LogP contribution in [0.15, 0.2) is 24.4 Å². The summed E-state index contributed by atoms with van der Waals surface area (Å²) in [7, 11) is 0. The molecule has 5 nitrogen and oxygen atoms in total. The Bertz CT molecular complexity index is 505. The molecule has 2 rings (SSSR count). The van der Waals surface area contributed by atoms with E-state index in [1.54, 1.807) is 6.20 Å². The van der Waals surface area contributed by atoms with Crippen molar-refractivity contribution in [3.63, 3.8) is 0 Å². The van der Waals surface area contributed by atoms with E-state index in [0.29, 0.717) is 5.92 Å². The van der Waals surface area contributed by atoms with Gasteiger partial charge in [-0.3, -0.25) is 4.98 Å². The van der Waals surface area contributed by atoms with Gasteiger partial charge in [-0.25, -0.2) is 4.79 Å². The minimum absolute atomic E-state index is 0.0213. The number of rotatable bonds is 5. The third-order valence-electron chi connectivity index (χ3n) is 4.26. The van der Waals surface area contributed by atoms with Gasteiger partial charge in [-0.1, -0.05) is 6.07 Å². The Labute approximate surface area is 145 Å². The van der Waals surface area contributed by atoms with Crippen molar-refractivity contribution in [1.82, 2.24) is 9.88 Å². The van der Waals surface area contributed by atoms with Crippen LogP contribution in [-0.2, 0) is 9.47 Å². The molecule has 0 bridgehead atoms. The second-order valence-electron chi connectivity index (χ2n) is 7.47. The van der Waals surface area contributed by atoms with E-state index in [1.807, 2.05) is 50.8 Å². The number of hydrogen-bond donors (Lipinski definition) is 0. The molecule has 0 N–H and O–H groups in total. The van der Waals surface area contributed by atoms with Gasteiger partial charge in [0, 0.05) is 25.9 Å². The van der Waals surface area contributed by atoms with Crippen LogP contribution in [0, 0.1) is 5.92 Å². The summed E-state index contributed by atoms with van der Waals surface area (Å²) in [6.07, 6.45) is 4.68. The van der Waals surface area contributed by atoms with Crippen LogP contribution < -0.4 is 0 Å². The molecule has 0 aromatic carbocycles. The highest BCUT2D eigenvalue weighted by atomic mass is 16.6. The van der Waals surface area contributed by atoms with Crippen molar-refractivity contribution >= 4 is 6.09 Å². The van der Waals surface area contributed by atoms with Gasteiger partial charge in [-0.15, -0.1) is 0 Å². The van der Waals surface area contributed by atoms with Gasteiger partial charge in [0.25, 0.3) is 0 Å². The second-order valence-corrected chi connectivity index (χ2v) is 7.47. The number of piperidine rings is 1. The van der Waals surface area contributed by atoms with E-state index in [4.69, 9.17) is 9.47 Å². The van der Waals surface area contributed by atoms with Crippen molar-refractivity contribution in [2.75, 3.05) is 19.7 Å². The van der Waals surface area contributed by atoms with Crippen molar-refractivity contribution in [2.45, 2.75) is 58.7 Å². The fourth-order valence-corrected chi connectivity index (χ4v) is 2.84. The number of hydrogen-bond acceptors (Lipinski definition) is 4. The molecule has 0 saturated carbocycles. The zero-order valence-electron chi connectivity index (χ0n) is 15.3. The van der Waals surface area contributed by atoms with Crippen LogP contribution in [0.5, 0.6) is 0 Å². The van der Waals surface area contributed by atoms with Gasteiger partial charge < -0.3 is 14.4 Å². The van der Waals surface area contributed by atoms with Gasteiger partial charge in [0.05, 0.1) is 11.8 Å². The van der Waals surface area contributed by atoms with E-state index >= 15 is 0 Å². The molecule has 5 heteroatoms. The number of amides is 1. The first-order valence-electron chi connectivity index (χ1n) is 8.85. The van der Waals surface area contributed by atoms with Gasteiger partial charge in [0.1, 0.15) is 5.60 Å². The van der Waals surface area contributed by atoms with Crippen molar-refractivity contribution in [3.05, 3.63) is 30.1 Å². The van der Waals surface area contributed by atoms with Crippen molar-refractivity contribution < 1.29 is 14.3 Å². The summed E-state index contributed by atoms with van der Waals surface area (Å²) in [6.45, 7) is 10.0. The van der Waals surface area contributed by atoms with E-state index in [1.165, 1.54) is 0 Å². The van der Waals surface area contributed by atoms with E-state index in [0.717, 1.165) is 44.7 Å². The molecular formula is C19H30N2O3. The average molecular weight is 334 g/mol. The molecule has 2 heterocycles. The molecule has 1 aromatic heterocycles. The summed E-state index contributed by atoms with van der Waals surface area (Å²) >= 11 is 0. The molecule has 0 unspecified atom stereocenters. The monoisotopic (exact) mass is 334 g/mol. The van der Waals surface area contributed by atoms with E-state index in [2.05, 4.69) is 4.98 Å². The Balaban J connectivity index is 1.65. The third-order valence-corrected chi connectivity index (χ3v) is 4.26. The molecule has 134 valence electrons. The highest BCUT2D eigenvalue weighted by molar-refractivity contribution is 5.68. The van der Waals surface area contributed by atoms with Crippen LogP contribution >= 0.6 is 0 Å². The Morgan fingerprint density at radius 3 is 2.62 bits per heavy atom. The quantitative estimate of drug-likeness (QED) is 0.810. The smallest absolute Gasteiger partial charge is 0.410 e. The fourth-order valence-electron chi connectivity index (χ4n) is 2.84. The van der Waals surface area contributed by atoms with Gasteiger partial charge in [0.2, 0.25) is 0 Å². The summed E-state index contributed by atoms with van der Waals surface area (Å²) < 4.78 is 11.3. The van der Waals surface area contributed by atoms with Gasteiger partial charge in [0.15, 0.2) is 0 Å². The molecule has 1 amide bonds. The van der Waals surface area contributed by atoms with Crippen molar-refractivity contribution in [1.29, 1.82) is 0 Å². The van der Waals surface area contributed by atoms with Crippen LogP contribution in [0.25, 0.3) is 0 Å². The maximum Gasteiger partial charge on any atom is 0.410 e. The summed E-state index contributed by atoms with van der Waals surface area (Å²) in [4.78, 5) is 18.2. The van der Waals surface area contributed by atoms with E-state index in [-0.39, 0.29) is 12.2 Å². The predicted octanol–water partition coefficient (Wildman–Crippen LogP) is 4.20.